The van der Waals surface area contributed by atoms with E-state index in [4.69, 9.17) is 7.85 Å². The summed E-state index contributed by atoms with van der Waals surface area (Å²) in [5.74, 6) is -6.41. The number of thiophene rings is 2. The average Bonchev–Trinajstić information content (AvgIpc) is 3.17. The molecule has 0 spiro atoms. The van der Waals surface area contributed by atoms with Gasteiger partial charge in [-0.3, -0.25) is 0 Å². The predicted molar refractivity (Wildman–Crippen MR) is 92.1 cm³/mol. The van der Waals surface area contributed by atoms with E-state index in [0.717, 1.165) is 22.7 Å². The molecule has 0 N–H and O–H groups in total. The lowest BCUT2D eigenvalue weighted by molar-refractivity contribution is 0.0453. The van der Waals surface area contributed by atoms with Gasteiger partial charge in [-0.25, -0.2) is 0 Å². The summed E-state index contributed by atoms with van der Waals surface area (Å²) < 4.78 is 59.8. The summed E-state index contributed by atoms with van der Waals surface area (Å²) in [6.07, 6.45) is 0. The van der Waals surface area contributed by atoms with Crippen LogP contribution in [0.15, 0.2) is 28.1 Å². The van der Waals surface area contributed by atoms with E-state index in [0.29, 0.717) is 8.66 Å². The van der Waals surface area contributed by atoms with Crippen LogP contribution in [-0.2, 0) is 11.8 Å². The number of alkyl halides is 4. The molecule has 3 aromatic rings. The van der Waals surface area contributed by atoms with E-state index in [1.165, 1.54) is 24.3 Å². The van der Waals surface area contributed by atoms with Gasteiger partial charge in [-0.05, 0) is 45.0 Å². The molecule has 24 heavy (non-hydrogen) atoms. The second kappa shape index (κ2) is 4.34. The lowest BCUT2D eigenvalue weighted by Gasteiger charge is -2.15. The van der Waals surface area contributed by atoms with Gasteiger partial charge in [0.05, 0.1) is 3.79 Å². The van der Waals surface area contributed by atoms with Crippen molar-refractivity contribution in [2.24, 2.45) is 0 Å². The van der Waals surface area contributed by atoms with Crippen LogP contribution in [-0.4, -0.2) is 7.85 Å². The molecule has 0 fully saturated rings. The summed E-state index contributed by atoms with van der Waals surface area (Å²) in [5.41, 5.74) is -0.426. The average molecular weight is 427 g/mol. The van der Waals surface area contributed by atoms with Gasteiger partial charge in [0.2, 0.25) is 0 Å². The first-order valence-electron chi connectivity index (χ1n) is 6.86. The van der Waals surface area contributed by atoms with Gasteiger partial charge in [0.25, 0.3) is 5.92 Å². The van der Waals surface area contributed by atoms with E-state index >= 15 is 0 Å². The topological polar surface area (TPSA) is 0 Å². The Morgan fingerprint density at radius 1 is 0.750 bits per heavy atom. The molecular formula is C16H4BBrF4S2. The molecule has 2 aromatic heterocycles. The van der Waals surface area contributed by atoms with Crippen LogP contribution in [0.4, 0.5) is 17.6 Å². The Hall–Kier alpha value is -1.12. The first-order chi connectivity index (χ1) is 11.2. The van der Waals surface area contributed by atoms with Crippen molar-refractivity contribution in [2.45, 2.75) is 11.8 Å². The number of benzene rings is 1. The van der Waals surface area contributed by atoms with E-state index in [1.807, 2.05) is 0 Å². The predicted octanol–water partition coefficient (Wildman–Crippen LogP) is 5.61. The minimum absolute atomic E-state index is 0.132. The molecule has 0 amide bonds. The van der Waals surface area contributed by atoms with Gasteiger partial charge in [-0.2, -0.15) is 28.9 Å². The maximum atomic E-state index is 14.8. The van der Waals surface area contributed by atoms with Gasteiger partial charge in [-0.15, -0.1) is 11.3 Å². The van der Waals surface area contributed by atoms with Gasteiger partial charge in [-0.1, -0.05) is 0 Å². The third kappa shape index (κ3) is 1.64. The number of hydrogen-bond acceptors (Lipinski definition) is 2. The molecule has 0 nitrogen and oxygen atoms in total. The third-order valence-electron chi connectivity index (χ3n) is 4.45. The highest BCUT2D eigenvalue weighted by Crippen LogP contribution is 2.60. The van der Waals surface area contributed by atoms with Crippen LogP contribution in [0.1, 0.15) is 22.3 Å². The largest absolute Gasteiger partial charge is 0.300 e. The van der Waals surface area contributed by atoms with Crippen LogP contribution >= 0.6 is 38.6 Å². The Labute approximate surface area is 151 Å². The molecule has 2 aliphatic carbocycles. The first-order valence-corrected chi connectivity index (χ1v) is 9.29. The highest BCUT2D eigenvalue weighted by atomic mass is 79.9. The second-order valence-electron chi connectivity index (χ2n) is 5.78. The third-order valence-corrected chi connectivity index (χ3v) is 7.12. The number of halogens is 5. The highest BCUT2D eigenvalue weighted by molar-refractivity contribution is 9.11. The lowest BCUT2D eigenvalue weighted by atomic mass is 9.98. The summed E-state index contributed by atoms with van der Waals surface area (Å²) in [4.78, 5) is 0.623. The van der Waals surface area contributed by atoms with E-state index < -0.39 is 11.8 Å². The summed E-state index contributed by atoms with van der Waals surface area (Å²) in [6, 6.07) is 5.02. The van der Waals surface area contributed by atoms with Gasteiger partial charge in [0.1, 0.15) is 7.85 Å². The van der Waals surface area contributed by atoms with Gasteiger partial charge in [0.15, 0.2) is 0 Å². The Kier molecular flexibility index (Phi) is 2.74. The number of rotatable bonds is 0. The molecule has 5 rings (SSSR count). The number of fused-ring (bicyclic) bond motifs is 6. The van der Waals surface area contributed by atoms with Crippen LogP contribution in [0, 0.1) is 0 Å². The molecule has 0 saturated heterocycles. The molecular weight excluding hydrogens is 423 g/mol. The Bertz CT molecular complexity index is 967. The summed E-state index contributed by atoms with van der Waals surface area (Å²) in [5, 5.41) is 0. The minimum Gasteiger partial charge on any atom is -0.196 e. The first kappa shape index (κ1) is 15.2. The van der Waals surface area contributed by atoms with Crippen molar-refractivity contribution in [3.8, 4) is 20.9 Å². The molecule has 2 aliphatic rings. The zero-order valence-corrected chi connectivity index (χ0v) is 14.8. The summed E-state index contributed by atoms with van der Waals surface area (Å²) >= 11 is 5.33. The van der Waals surface area contributed by atoms with Gasteiger partial charge < -0.3 is 0 Å². The molecule has 0 atom stereocenters. The molecule has 2 radical (unpaired) electrons. The van der Waals surface area contributed by atoms with Gasteiger partial charge >= 0.3 is 5.92 Å². The fourth-order valence-electron chi connectivity index (χ4n) is 3.42. The van der Waals surface area contributed by atoms with Crippen LogP contribution in [0.25, 0.3) is 20.9 Å². The minimum atomic E-state index is -3.22. The van der Waals surface area contributed by atoms with Crippen molar-refractivity contribution >= 4 is 51.2 Å². The molecule has 0 bridgehead atoms. The highest BCUT2D eigenvalue weighted by Gasteiger charge is 2.51. The quantitative estimate of drug-likeness (QED) is 0.324. The van der Waals surface area contributed by atoms with Crippen molar-refractivity contribution < 1.29 is 17.6 Å². The molecule has 118 valence electrons. The summed E-state index contributed by atoms with van der Waals surface area (Å²) in [6.45, 7) is 0. The van der Waals surface area contributed by atoms with Crippen molar-refractivity contribution in [3.63, 3.8) is 0 Å². The SMILES string of the molecule is [B]c1cc2c(s1)-c1cc3c(cc1C2(F)F)-c1sc(Br)cc1C3(F)F. The maximum absolute atomic E-state index is 14.8. The fourth-order valence-corrected chi connectivity index (χ4v) is 6.07. The van der Waals surface area contributed by atoms with Crippen molar-refractivity contribution in [1.82, 2.24) is 0 Å². The molecule has 8 heteroatoms. The van der Waals surface area contributed by atoms with Crippen LogP contribution in [0.2, 0.25) is 0 Å². The Balaban J connectivity index is 1.86. The lowest BCUT2D eigenvalue weighted by Crippen LogP contribution is -2.13. The van der Waals surface area contributed by atoms with Crippen molar-refractivity contribution in [1.29, 1.82) is 0 Å². The normalized spacial score (nSPS) is 18.2. The zero-order chi connectivity index (χ0) is 17.0. The van der Waals surface area contributed by atoms with Crippen LogP contribution < -0.4 is 4.78 Å². The monoisotopic (exact) mass is 426 g/mol. The van der Waals surface area contributed by atoms with E-state index in [9.17, 15) is 17.6 Å². The van der Waals surface area contributed by atoms with E-state index in [1.54, 1.807) is 0 Å². The van der Waals surface area contributed by atoms with E-state index in [-0.39, 0.29) is 43.0 Å². The van der Waals surface area contributed by atoms with E-state index in [2.05, 4.69) is 15.9 Å². The zero-order valence-electron chi connectivity index (χ0n) is 11.6. The summed E-state index contributed by atoms with van der Waals surface area (Å²) in [7, 11) is 5.64. The number of hydrogen-bond donors (Lipinski definition) is 0. The van der Waals surface area contributed by atoms with Gasteiger partial charge in [0, 0.05) is 43.1 Å². The second-order valence-corrected chi connectivity index (χ2v) is 9.29. The van der Waals surface area contributed by atoms with Crippen molar-refractivity contribution in [3.05, 3.63) is 50.3 Å². The smallest absolute Gasteiger partial charge is 0.196 e. The molecule has 0 aliphatic heterocycles. The Morgan fingerprint density at radius 2 is 1.25 bits per heavy atom. The molecule has 1 aromatic carbocycles. The van der Waals surface area contributed by atoms with Crippen LogP contribution in [0.5, 0.6) is 0 Å². The van der Waals surface area contributed by atoms with Crippen molar-refractivity contribution in [2.75, 3.05) is 0 Å². The molecule has 2 heterocycles. The fraction of sp³-hybridized carbons (Fsp3) is 0.125. The standard InChI is InChI=1S/C16H4BBrF4S2/c17-11-3-9-13(23-11)5-1-8-6(2-7(5)15(9,19)20)14-10(16(8,21)22)4-12(18)24-14/h1-4H. The Morgan fingerprint density at radius 3 is 1.83 bits per heavy atom. The maximum Gasteiger partial charge on any atom is 0.300 e. The van der Waals surface area contributed by atoms with Crippen LogP contribution in [0.3, 0.4) is 0 Å². The molecule has 0 unspecified atom stereocenters. The molecule has 0 saturated carbocycles.